The van der Waals surface area contributed by atoms with E-state index in [1.54, 1.807) is 0 Å². The van der Waals surface area contributed by atoms with Crippen molar-refractivity contribution in [2.75, 3.05) is 0 Å². The average molecular weight is 357 g/mol. The van der Waals surface area contributed by atoms with Crippen molar-refractivity contribution in [1.82, 2.24) is 0 Å². The van der Waals surface area contributed by atoms with Crippen molar-refractivity contribution >= 4 is 11.9 Å². The second kappa shape index (κ2) is 16.4. The Morgan fingerprint density at radius 2 is 1.32 bits per heavy atom. The lowest BCUT2D eigenvalue weighted by molar-refractivity contribution is -0.151. The third-order valence-corrected chi connectivity index (χ3v) is 4.42. The van der Waals surface area contributed by atoms with E-state index in [9.17, 15) is 9.59 Å². The van der Waals surface area contributed by atoms with Crippen LogP contribution in [0.5, 0.6) is 0 Å². The Labute approximate surface area is 155 Å². The standard InChI is InChI=1S/C21H40O4/c1-5-8-9-10-11-12-15-18(4)24-20(22)16-13-17-21(23)25-19(7-3)14-6-2/h18-19H,5-17H2,1-4H3. The van der Waals surface area contributed by atoms with Gasteiger partial charge in [0.05, 0.1) is 6.10 Å². The molecule has 0 aliphatic carbocycles. The molecule has 0 spiro atoms. The van der Waals surface area contributed by atoms with Crippen molar-refractivity contribution < 1.29 is 19.1 Å². The highest BCUT2D eigenvalue weighted by Gasteiger charge is 2.14. The van der Waals surface area contributed by atoms with E-state index < -0.39 is 0 Å². The minimum Gasteiger partial charge on any atom is -0.463 e. The van der Waals surface area contributed by atoms with Gasteiger partial charge in [-0.25, -0.2) is 0 Å². The Bertz CT molecular complexity index is 341. The molecular formula is C21H40O4. The second-order valence-corrected chi connectivity index (χ2v) is 7.02. The zero-order valence-electron chi connectivity index (χ0n) is 17.0. The quantitative estimate of drug-likeness (QED) is 0.253. The van der Waals surface area contributed by atoms with Crippen LogP contribution in [0.25, 0.3) is 0 Å². The molecule has 0 aliphatic heterocycles. The number of ether oxygens (including phenoxy) is 2. The molecule has 4 nitrogen and oxygen atoms in total. The molecular weight excluding hydrogens is 316 g/mol. The maximum Gasteiger partial charge on any atom is 0.306 e. The fraction of sp³-hybridized carbons (Fsp3) is 0.905. The van der Waals surface area contributed by atoms with Crippen LogP contribution in [0, 0.1) is 0 Å². The van der Waals surface area contributed by atoms with E-state index in [-0.39, 0.29) is 24.1 Å². The first kappa shape index (κ1) is 23.9. The van der Waals surface area contributed by atoms with Crippen molar-refractivity contribution in [3.63, 3.8) is 0 Å². The molecule has 0 N–H and O–H groups in total. The van der Waals surface area contributed by atoms with E-state index in [0.717, 1.165) is 32.1 Å². The van der Waals surface area contributed by atoms with Gasteiger partial charge >= 0.3 is 11.9 Å². The minimum absolute atomic E-state index is 0.0156. The summed E-state index contributed by atoms with van der Waals surface area (Å²) in [6.07, 6.45) is 12.2. The van der Waals surface area contributed by atoms with E-state index in [2.05, 4.69) is 13.8 Å². The molecule has 0 bridgehead atoms. The smallest absolute Gasteiger partial charge is 0.306 e. The molecule has 25 heavy (non-hydrogen) atoms. The first-order valence-corrected chi connectivity index (χ1v) is 10.4. The van der Waals surface area contributed by atoms with Gasteiger partial charge in [-0.15, -0.1) is 0 Å². The van der Waals surface area contributed by atoms with Gasteiger partial charge in [-0.1, -0.05) is 59.3 Å². The molecule has 4 heteroatoms. The normalized spacial score (nSPS) is 13.3. The molecule has 0 radical (unpaired) electrons. The molecule has 0 fully saturated rings. The highest BCUT2D eigenvalue weighted by atomic mass is 16.5. The topological polar surface area (TPSA) is 52.6 Å². The maximum atomic E-state index is 11.8. The van der Waals surface area contributed by atoms with Crippen LogP contribution in [-0.4, -0.2) is 24.1 Å². The summed E-state index contributed by atoms with van der Waals surface area (Å²) in [5.41, 5.74) is 0. The van der Waals surface area contributed by atoms with Crippen molar-refractivity contribution in [2.24, 2.45) is 0 Å². The van der Waals surface area contributed by atoms with Gasteiger partial charge in [0.25, 0.3) is 0 Å². The Balaban J connectivity index is 3.69. The number of carbonyl (C=O) groups excluding carboxylic acids is 2. The first-order valence-electron chi connectivity index (χ1n) is 10.4. The minimum atomic E-state index is -0.202. The predicted molar refractivity (Wildman–Crippen MR) is 102 cm³/mol. The Kier molecular flexibility index (Phi) is 15.7. The molecule has 0 saturated carbocycles. The molecule has 0 aromatic rings. The van der Waals surface area contributed by atoms with Gasteiger partial charge in [0.2, 0.25) is 0 Å². The van der Waals surface area contributed by atoms with E-state index in [0.29, 0.717) is 19.3 Å². The predicted octanol–water partition coefficient (Wildman–Crippen LogP) is 5.96. The number of hydrogen-bond acceptors (Lipinski definition) is 4. The lowest BCUT2D eigenvalue weighted by Gasteiger charge is -2.15. The monoisotopic (exact) mass is 356 g/mol. The lowest BCUT2D eigenvalue weighted by Crippen LogP contribution is -2.18. The van der Waals surface area contributed by atoms with E-state index in [1.165, 1.54) is 32.1 Å². The fourth-order valence-corrected chi connectivity index (χ4v) is 2.84. The van der Waals surface area contributed by atoms with Crippen LogP contribution in [0.15, 0.2) is 0 Å². The summed E-state index contributed by atoms with van der Waals surface area (Å²) in [6.45, 7) is 8.28. The highest BCUT2D eigenvalue weighted by molar-refractivity contribution is 5.72. The number of unbranched alkanes of at least 4 members (excludes halogenated alkanes) is 5. The fourth-order valence-electron chi connectivity index (χ4n) is 2.84. The Hall–Kier alpha value is -1.06. The zero-order valence-corrected chi connectivity index (χ0v) is 17.0. The summed E-state index contributed by atoms with van der Waals surface area (Å²) in [7, 11) is 0. The van der Waals surface area contributed by atoms with E-state index in [1.807, 2.05) is 13.8 Å². The summed E-state index contributed by atoms with van der Waals surface area (Å²) in [5.74, 6) is -0.403. The van der Waals surface area contributed by atoms with Gasteiger partial charge in [0.1, 0.15) is 6.10 Å². The van der Waals surface area contributed by atoms with Crippen molar-refractivity contribution in [3.05, 3.63) is 0 Å². The lowest BCUT2D eigenvalue weighted by atomic mass is 10.1. The molecule has 0 aromatic heterocycles. The van der Waals surface area contributed by atoms with E-state index >= 15 is 0 Å². The van der Waals surface area contributed by atoms with E-state index in [4.69, 9.17) is 9.47 Å². The van der Waals surface area contributed by atoms with Gasteiger partial charge in [-0.3, -0.25) is 9.59 Å². The van der Waals surface area contributed by atoms with Crippen molar-refractivity contribution in [2.45, 2.75) is 123 Å². The highest BCUT2D eigenvalue weighted by Crippen LogP contribution is 2.12. The van der Waals surface area contributed by atoms with Crippen LogP contribution in [0.4, 0.5) is 0 Å². The van der Waals surface area contributed by atoms with Crippen LogP contribution in [0.2, 0.25) is 0 Å². The van der Waals surface area contributed by atoms with Gasteiger partial charge < -0.3 is 9.47 Å². The summed E-state index contributed by atoms with van der Waals surface area (Å²) in [6, 6.07) is 0. The summed E-state index contributed by atoms with van der Waals surface area (Å²) >= 11 is 0. The molecule has 0 aliphatic rings. The molecule has 148 valence electrons. The van der Waals surface area contributed by atoms with Gasteiger partial charge in [0, 0.05) is 12.8 Å². The molecule has 0 heterocycles. The number of rotatable bonds is 16. The van der Waals surface area contributed by atoms with Crippen molar-refractivity contribution in [3.8, 4) is 0 Å². The number of esters is 2. The van der Waals surface area contributed by atoms with Gasteiger partial charge in [-0.2, -0.15) is 0 Å². The number of hydrogen-bond donors (Lipinski definition) is 0. The molecule has 2 unspecified atom stereocenters. The molecule has 0 amide bonds. The van der Waals surface area contributed by atoms with Gasteiger partial charge in [0.15, 0.2) is 0 Å². The van der Waals surface area contributed by atoms with Gasteiger partial charge in [-0.05, 0) is 39.0 Å². The van der Waals surface area contributed by atoms with Crippen LogP contribution in [0.3, 0.4) is 0 Å². The zero-order chi connectivity index (χ0) is 18.9. The third-order valence-electron chi connectivity index (χ3n) is 4.42. The third kappa shape index (κ3) is 14.9. The largest absolute Gasteiger partial charge is 0.463 e. The first-order chi connectivity index (χ1) is 12.0. The SMILES string of the molecule is CCCCCCCCC(C)OC(=O)CCCC(=O)OC(CC)CCC. The number of carbonyl (C=O) groups is 2. The summed E-state index contributed by atoms with van der Waals surface area (Å²) in [5, 5.41) is 0. The van der Waals surface area contributed by atoms with Crippen LogP contribution in [-0.2, 0) is 19.1 Å². The molecule has 0 saturated heterocycles. The van der Waals surface area contributed by atoms with Crippen LogP contribution < -0.4 is 0 Å². The molecule has 2 atom stereocenters. The second-order valence-electron chi connectivity index (χ2n) is 7.02. The molecule has 0 aromatic carbocycles. The summed E-state index contributed by atoms with van der Waals surface area (Å²) < 4.78 is 10.8. The Morgan fingerprint density at radius 3 is 1.92 bits per heavy atom. The van der Waals surface area contributed by atoms with Crippen LogP contribution in [0.1, 0.15) is 111 Å². The Morgan fingerprint density at radius 1 is 0.720 bits per heavy atom. The van der Waals surface area contributed by atoms with Crippen LogP contribution >= 0.6 is 0 Å². The molecule has 0 rings (SSSR count). The average Bonchev–Trinajstić information content (AvgIpc) is 2.57. The maximum absolute atomic E-state index is 11.8. The summed E-state index contributed by atoms with van der Waals surface area (Å²) in [4.78, 5) is 23.6. The van der Waals surface area contributed by atoms with Crippen molar-refractivity contribution in [1.29, 1.82) is 0 Å².